The van der Waals surface area contributed by atoms with Crippen molar-refractivity contribution in [3.8, 4) is 0 Å². The predicted molar refractivity (Wildman–Crippen MR) is 63.2 cm³/mol. The van der Waals surface area contributed by atoms with Crippen LogP contribution in [0.5, 0.6) is 0 Å². The summed E-state index contributed by atoms with van der Waals surface area (Å²) in [5.74, 6) is -2.25. The normalized spacial score (nSPS) is 10.8. The van der Waals surface area contributed by atoms with Crippen LogP contribution >= 0.6 is 0 Å². The van der Waals surface area contributed by atoms with E-state index in [1.54, 1.807) is 13.8 Å². The van der Waals surface area contributed by atoms with Gasteiger partial charge in [0, 0.05) is 17.8 Å². The molecule has 0 amide bonds. The number of rotatable bonds is 4. The van der Waals surface area contributed by atoms with Crippen LogP contribution in [-0.4, -0.2) is 41.7 Å². The van der Waals surface area contributed by atoms with Gasteiger partial charge in [0.05, 0.1) is 0 Å². The van der Waals surface area contributed by atoms with Gasteiger partial charge in [0.1, 0.15) is 0 Å². The van der Waals surface area contributed by atoms with E-state index in [1.165, 1.54) is 4.52 Å². The van der Waals surface area contributed by atoms with Gasteiger partial charge in [0.15, 0.2) is 0 Å². The lowest BCUT2D eigenvalue weighted by molar-refractivity contribution is -0.136. The minimum absolute atomic E-state index is 0.0185. The molecule has 0 radical (unpaired) electrons. The zero-order valence-corrected chi connectivity index (χ0v) is 10.4. The topological polar surface area (TPSA) is 118 Å². The Labute approximate surface area is 107 Å². The van der Waals surface area contributed by atoms with Crippen molar-refractivity contribution >= 4 is 17.7 Å². The molecular weight excluding hydrogens is 252 g/mol. The first kappa shape index (κ1) is 12.9. The first-order valence-corrected chi connectivity index (χ1v) is 5.58. The molecule has 0 saturated carbocycles. The number of carbonyl (C=O) groups is 2. The summed E-state index contributed by atoms with van der Waals surface area (Å²) in [6.07, 6.45) is 0.299. The Morgan fingerprint density at radius 1 is 1.21 bits per heavy atom. The number of aromatic nitrogens is 4. The molecule has 0 aliphatic carbocycles. The summed E-state index contributed by atoms with van der Waals surface area (Å²) in [5, 5.41) is 21.4. The number of carboxylic acids is 2. The van der Waals surface area contributed by atoms with Crippen LogP contribution in [0.2, 0.25) is 0 Å². The lowest BCUT2D eigenvalue weighted by atomic mass is 10.1. The van der Waals surface area contributed by atoms with Crippen molar-refractivity contribution in [2.45, 2.75) is 26.7 Å². The van der Waals surface area contributed by atoms with Crippen molar-refractivity contribution in [3.63, 3.8) is 0 Å². The standard InChI is InChI=1S/C11H12N4O4/c1-5-7(3-4-8(16)17)6(2)15-11(12-5)13-9(14-15)10(18)19/h3-4H2,1-2H3,(H,16,17)(H,18,19). The van der Waals surface area contributed by atoms with Crippen molar-refractivity contribution in [2.75, 3.05) is 0 Å². The highest BCUT2D eigenvalue weighted by Crippen LogP contribution is 2.15. The molecule has 0 fully saturated rings. The molecule has 0 aliphatic heterocycles. The molecule has 0 atom stereocenters. The quantitative estimate of drug-likeness (QED) is 0.823. The fourth-order valence-corrected chi connectivity index (χ4v) is 1.89. The van der Waals surface area contributed by atoms with E-state index in [2.05, 4.69) is 15.1 Å². The average Bonchev–Trinajstić information content (AvgIpc) is 2.72. The number of nitrogens with zero attached hydrogens (tertiary/aromatic N) is 4. The Hall–Kier alpha value is -2.51. The summed E-state index contributed by atoms with van der Waals surface area (Å²) < 4.78 is 1.33. The molecule has 2 rings (SSSR count). The van der Waals surface area contributed by atoms with Gasteiger partial charge in [-0.25, -0.2) is 14.3 Å². The van der Waals surface area contributed by atoms with Gasteiger partial charge in [-0.05, 0) is 25.8 Å². The van der Waals surface area contributed by atoms with Gasteiger partial charge in [0.2, 0.25) is 0 Å². The fraction of sp³-hybridized carbons (Fsp3) is 0.364. The highest BCUT2D eigenvalue weighted by Gasteiger charge is 2.17. The molecule has 19 heavy (non-hydrogen) atoms. The Morgan fingerprint density at radius 3 is 2.47 bits per heavy atom. The predicted octanol–water partition coefficient (Wildman–Crippen LogP) is 0.457. The summed E-state index contributed by atoms with van der Waals surface area (Å²) in [6, 6.07) is 0. The van der Waals surface area contributed by atoms with Gasteiger partial charge >= 0.3 is 11.9 Å². The molecule has 2 aromatic heterocycles. The Kier molecular flexibility index (Phi) is 3.16. The van der Waals surface area contributed by atoms with E-state index < -0.39 is 11.9 Å². The molecule has 0 unspecified atom stereocenters. The van der Waals surface area contributed by atoms with Crippen LogP contribution in [0.1, 0.15) is 34.0 Å². The number of hydrogen-bond acceptors (Lipinski definition) is 5. The van der Waals surface area contributed by atoms with E-state index >= 15 is 0 Å². The van der Waals surface area contributed by atoms with Crippen molar-refractivity contribution < 1.29 is 19.8 Å². The third kappa shape index (κ3) is 2.37. The monoisotopic (exact) mass is 264 g/mol. The van der Waals surface area contributed by atoms with Gasteiger partial charge in [-0.3, -0.25) is 4.79 Å². The van der Waals surface area contributed by atoms with Crippen molar-refractivity contribution in [2.24, 2.45) is 0 Å². The van der Waals surface area contributed by atoms with Crippen molar-refractivity contribution in [3.05, 3.63) is 22.8 Å². The van der Waals surface area contributed by atoms with E-state index in [4.69, 9.17) is 10.2 Å². The highest BCUT2D eigenvalue weighted by atomic mass is 16.4. The molecule has 8 nitrogen and oxygen atoms in total. The number of aryl methyl sites for hydroxylation is 2. The van der Waals surface area contributed by atoms with E-state index in [1.807, 2.05) is 0 Å². The van der Waals surface area contributed by atoms with Gasteiger partial charge in [-0.2, -0.15) is 4.98 Å². The maximum Gasteiger partial charge on any atom is 0.375 e. The van der Waals surface area contributed by atoms with E-state index in [9.17, 15) is 9.59 Å². The minimum atomic E-state index is -1.23. The fourth-order valence-electron chi connectivity index (χ4n) is 1.89. The molecule has 0 bridgehead atoms. The van der Waals surface area contributed by atoms with Gasteiger partial charge in [0.25, 0.3) is 11.6 Å². The van der Waals surface area contributed by atoms with E-state index in [0.29, 0.717) is 17.8 Å². The van der Waals surface area contributed by atoms with Crippen LogP contribution in [0, 0.1) is 13.8 Å². The molecule has 0 aromatic carbocycles. The summed E-state index contributed by atoms with van der Waals surface area (Å²) in [6.45, 7) is 3.47. The first-order valence-electron chi connectivity index (χ1n) is 5.58. The first-order chi connectivity index (χ1) is 8.90. The maximum absolute atomic E-state index is 10.8. The Morgan fingerprint density at radius 2 is 1.89 bits per heavy atom. The van der Waals surface area contributed by atoms with Crippen LogP contribution in [0.3, 0.4) is 0 Å². The molecule has 0 spiro atoms. The molecule has 100 valence electrons. The summed E-state index contributed by atoms with van der Waals surface area (Å²) in [7, 11) is 0. The molecular formula is C11H12N4O4. The smallest absolute Gasteiger partial charge is 0.375 e. The Balaban J connectivity index is 2.53. The van der Waals surface area contributed by atoms with E-state index in [0.717, 1.165) is 5.56 Å². The highest BCUT2D eigenvalue weighted by molar-refractivity contribution is 5.83. The van der Waals surface area contributed by atoms with Crippen LogP contribution in [0.25, 0.3) is 5.78 Å². The van der Waals surface area contributed by atoms with Crippen molar-refractivity contribution in [1.82, 2.24) is 19.6 Å². The Bertz CT molecular complexity index is 677. The second-order valence-corrected chi connectivity index (χ2v) is 4.11. The van der Waals surface area contributed by atoms with Gasteiger partial charge < -0.3 is 10.2 Å². The maximum atomic E-state index is 10.8. The third-order valence-electron chi connectivity index (χ3n) is 2.83. The van der Waals surface area contributed by atoms with Crippen LogP contribution in [0.15, 0.2) is 0 Å². The third-order valence-corrected chi connectivity index (χ3v) is 2.83. The van der Waals surface area contributed by atoms with Gasteiger partial charge in [-0.1, -0.05) is 0 Å². The minimum Gasteiger partial charge on any atom is -0.481 e. The molecule has 0 aliphatic rings. The zero-order valence-electron chi connectivity index (χ0n) is 10.4. The number of hydrogen-bond donors (Lipinski definition) is 2. The second kappa shape index (κ2) is 4.63. The van der Waals surface area contributed by atoms with Crippen LogP contribution < -0.4 is 0 Å². The molecule has 2 aromatic rings. The summed E-state index contributed by atoms with van der Waals surface area (Å²) in [4.78, 5) is 29.4. The SMILES string of the molecule is Cc1nc2nc(C(=O)O)nn2c(C)c1CCC(=O)O. The van der Waals surface area contributed by atoms with Crippen molar-refractivity contribution in [1.29, 1.82) is 0 Å². The van der Waals surface area contributed by atoms with E-state index in [-0.39, 0.29) is 18.0 Å². The van der Waals surface area contributed by atoms with Crippen LogP contribution in [0.4, 0.5) is 0 Å². The number of aromatic carboxylic acids is 1. The van der Waals surface area contributed by atoms with Crippen LogP contribution in [-0.2, 0) is 11.2 Å². The second-order valence-electron chi connectivity index (χ2n) is 4.11. The lowest BCUT2D eigenvalue weighted by Gasteiger charge is -2.08. The number of aliphatic carboxylic acids is 1. The zero-order chi connectivity index (χ0) is 14.2. The van der Waals surface area contributed by atoms with Gasteiger partial charge in [-0.15, -0.1) is 5.10 Å². The average molecular weight is 264 g/mol. The molecule has 8 heteroatoms. The summed E-state index contributed by atoms with van der Waals surface area (Å²) >= 11 is 0. The largest absolute Gasteiger partial charge is 0.481 e. The molecule has 2 heterocycles. The molecule has 0 saturated heterocycles. The summed E-state index contributed by atoms with van der Waals surface area (Å²) in [5.41, 5.74) is 2.04. The lowest BCUT2D eigenvalue weighted by Crippen LogP contribution is -2.08. The number of fused-ring (bicyclic) bond motifs is 1. The molecule has 2 N–H and O–H groups in total. The number of carboxylic acid groups (broad SMARTS) is 2.